The van der Waals surface area contributed by atoms with Crippen molar-refractivity contribution in [3.63, 3.8) is 0 Å². The lowest BCUT2D eigenvalue weighted by Gasteiger charge is -2.06. The highest BCUT2D eigenvalue weighted by Gasteiger charge is 2.17. The van der Waals surface area contributed by atoms with Gasteiger partial charge in [0.2, 0.25) is 5.88 Å². The molecule has 2 aromatic rings. The topological polar surface area (TPSA) is 57.0 Å². The molecule has 0 N–H and O–H groups in total. The number of carbonyl (C=O) groups is 1. The summed E-state index contributed by atoms with van der Waals surface area (Å²) in [6.07, 6.45) is 4.55. The van der Waals surface area contributed by atoms with Gasteiger partial charge in [0, 0.05) is 25.2 Å². The minimum atomic E-state index is 0.0230. The smallest absolute Gasteiger partial charge is 0.212 e. The van der Waals surface area contributed by atoms with Crippen LogP contribution in [0, 0.1) is 0 Å². The zero-order valence-corrected chi connectivity index (χ0v) is 13.1. The number of pyridine rings is 1. The molecule has 0 aliphatic rings. The first-order valence-corrected chi connectivity index (χ1v) is 7.18. The predicted octanol–water partition coefficient (Wildman–Crippen LogP) is 2.88. The van der Waals surface area contributed by atoms with Crippen molar-refractivity contribution >= 4 is 21.7 Å². The number of carbonyl (C=O) groups excluding carboxylic acids is 1. The van der Waals surface area contributed by atoms with E-state index in [1.807, 2.05) is 6.07 Å². The van der Waals surface area contributed by atoms with Crippen molar-refractivity contribution in [1.29, 1.82) is 0 Å². The number of aryl methyl sites for hydroxylation is 1. The number of rotatable bonds is 6. The molecule has 6 heteroatoms. The Kier molecular flexibility index (Phi) is 4.89. The molecular formula is C14H16BrN3O2. The van der Waals surface area contributed by atoms with Gasteiger partial charge in [0.05, 0.1) is 17.8 Å². The first kappa shape index (κ1) is 14.7. The third-order valence-electron chi connectivity index (χ3n) is 2.87. The van der Waals surface area contributed by atoms with E-state index in [0.29, 0.717) is 18.0 Å². The summed E-state index contributed by atoms with van der Waals surface area (Å²) < 4.78 is 7.47. The number of Topliss-reactive ketones (excluding diaryl/α,β-unsaturated/α-hetero) is 1. The van der Waals surface area contributed by atoms with Crippen LogP contribution in [0.2, 0.25) is 0 Å². The van der Waals surface area contributed by atoms with Crippen LogP contribution in [-0.4, -0.2) is 27.7 Å². The van der Waals surface area contributed by atoms with Crippen LogP contribution in [0.3, 0.4) is 0 Å². The number of halogens is 1. The molecule has 2 aromatic heterocycles. The van der Waals surface area contributed by atoms with Gasteiger partial charge in [0.15, 0.2) is 5.78 Å². The van der Waals surface area contributed by atoms with Crippen LogP contribution in [0.5, 0.6) is 5.88 Å². The van der Waals surface area contributed by atoms with E-state index >= 15 is 0 Å². The molecular weight excluding hydrogens is 322 g/mol. The fourth-order valence-corrected chi connectivity index (χ4v) is 2.44. The molecule has 20 heavy (non-hydrogen) atoms. The number of methoxy groups -OCH3 is 1. The summed E-state index contributed by atoms with van der Waals surface area (Å²) in [5.41, 5.74) is 1.47. The standard InChI is InChI=1S/C14H16BrN3O2/c1-3-6-18-14(11(15)9-17-18)12(19)7-10-4-5-13(20-2)16-8-10/h4-5,8-9H,3,6-7H2,1-2H3. The Hall–Kier alpha value is -1.69. The molecule has 2 heterocycles. The van der Waals surface area contributed by atoms with Crippen LogP contribution in [0.25, 0.3) is 0 Å². The molecule has 0 bridgehead atoms. The summed E-state index contributed by atoms with van der Waals surface area (Å²) in [6.45, 7) is 2.78. The summed E-state index contributed by atoms with van der Waals surface area (Å²) >= 11 is 3.38. The Labute approximate surface area is 126 Å². The van der Waals surface area contributed by atoms with Gasteiger partial charge in [-0.25, -0.2) is 4.98 Å². The van der Waals surface area contributed by atoms with Crippen molar-refractivity contribution in [2.75, 3.05) is 7.11 Å². The maximum atomic E-state index is 12.4. The lowest BCUT2D eigenvalue weighted by molar-refractivity contribution is 0.0981. The first-order valence-electron chi connectivity index (χ1n) is 6.39. The largest absolute Gasteiger partial charge is 0.481 e. The highest BCUT2D eigenvalue weighted by Crippen LogP contribution is 2.19. The van der Waals surface area contributed by atoms with Gasteiger partial charge in [-0.05, 0) is 27.9 Å². The summed E-state index contributed by atoms with van der Waals surface area (Å²) in [5.74, 6) is 0.563. The maximum absolute atomic E-state index is 12.4. The molecule has 0 aliphatic heterocycles. The van der Waals surface area contributed by atoms with Gasteiger partial charge in [0.25, 0.3) is 0 Å². The Bertz CT molecular complexity index is 593. The molecule has 0 radical (unpaired) electrons. The average molecular weight is 338 g/mol. The van der Waals surface area contributed by atoms with Crippen LogP contribution < -0.4 is 4.74 Å². The molecule has 0 amide bonds. The van der Waals surface area contributed by atoms with Gasteiger partial charge < -0.3 is 4.74 Å². The summed E-state index contributed by atoms with van der Waals surface area (Å²) in [4.78, 5) is 16.5. The molecule has 2 rings (SSSR count). The van der Waals surface area contributed by atoms with E-state index in [9.17, 15) is 4.79 Å². The Morgan fingerprint density at radius 3 is 2.80 bits per heavy atom. The first-order chi connectivity index (χ1) is 9.65. The predicted molar refractivity (Wildman–Crippen MR) is 79.0 cm³/mol. The zero-order valence-electron chi connectivity index (χ0n) is 11.5. The quantitative estimate of drug-likeness (QED) is 0.760. The average Bonchev–Trinajstić information content (AvgIpc) is 2.81. The Balaban J connectivity index is 2.16. The molecule has 106 valence electrons. The van der Waals surface area contributed by atoms with E-state index in [0.717, 1.165) is 23.0 Å². The van der Waals surface area contributed by atoms with Crippen molar-refractivity contribution in [1.82, 2.24) is 14.8 Å². The van der Waals surface area contributed by atoms with Gasteiger partial charge in [-0.3, -0.25) is 9.48 Å². The lowest BCUT2D eigenvalue weighted by atomic mass is 10.1. The van der Waals surface area contributed by atoms with Crippen LogP contribution in [-0.2, 0) is 13.0 Å². The van der Waals surface area contributed by atoms with Gasteiger partial charge >= 0.3 is 0 Å². The number of aromatic nitrogens is 3. The van der Waals surface area contributed by atoms with E-state index < -0.39 is 0 Å². The van der Waals surface area contributed by atoms with Crippen molar-refractivity contribution in [3.05, 3.63) is 40.3 Å². The van der Waals surface area contributed by atoms with E-state index in [1.165, 1.54) is 0 Å². The summed E-state index contributed by atoms with van der Waals surface area (Å²) in [5, 5.41) is 4.21. The van der Waals surface area contributed by atoms with Crippen LogP contribution in [0.1, 0.15) is 29.4 Å². The summed E-state index contributed by atoms with van der Waals surface area (Å²) in [6, 6.07) is 3.60. The van der Waals surface area contributed by atoms with Crippen LogP contribution in [0.4, 0.5) is 0 Å². The molecule has 0 aromatic carbocycles. The number of hydrogen-bond donors (Lipinski definition) is 0. The molecule has 0 saturated carbocycles. The molecule has 0 atom stereocenters. The fraction of sp³-hybridized carbons (Fsp3) is 0.357. The minimum absolute atomic E-state index is 0.0230. The molecule has 0 aliphatic carbocycles. The number of ketones is 1. The van der Waals surface area contributed by atoms with Gasteiger partial charge in [-0.15, -0.1) is 0 Å². The van der Waals surface area contributed by atoms with Gasteiger partial charge in [-0.2, -0.15) is 5.10 Å². The van der Waals surface area contributed by atoms with Crippen LogP contribution >= 0.6 is 15.9 Å². The Morgan fingerprint density at radius 2 is 2.20 bits per heavy atom. The third-order valence-corrected chi connectivity index (χ3v) is 3.45. The van der Waals surface area contributed by atoms with Crippen LogP contribution in [0.15, 0.2) is 29.0 Å². The monoisotopic (exact) mass is 337 g/mol. The van der Waals surface area contributed by atoms with Crippen molar-refractivity contribution in [2.24, 2.45) is 0 Å². The molecule has 0 spiro atoms. The number of hydrogen-bond acceptors (Lipinski definition) is 4. The van der Waals surface area contributed by atoms with E-state index in [-0.39, 0.29) is 5.78 Å². The molecule has 5 nitrogen and oxygen atoms in total. The second kappa shape index (κ2) is 6.65. The number of ether oxygens (including phenoxy) is 1. The SMILES string of the molecule is CCCn1ncc(Br)c1C(=O)Cc1ccc(OC)nc1. The lowest BCUT2D eigenvalue weighted by Crippen LogP contribution is -2.13. The minimum Gasteiger partial charge on any atom is -0.481 e. The van der Waals surface area contributed by atoms with Crippen molar-refractivity contribution in [2.45, 2.75) is 26.3 Å². The highest BCUT2D eigenvalue weighted by molar-refractivity contribution is 9.10. The highest BCUT2D eigenvalue weighted by atomic mass is 79.9. The maximum Gasteiger partial charge on any atom is 0.212 e. The molecule has 0 fully saturated rings. The fourth-order valence-electron chi connectivity index (χ4n) is 1.93. The van der Waals surface area contributed by atoms with Gasteiger partial charge in [-0.1, -0.05) is 13.0 Å². The summed E-state index contributed by atoms with van der Waals surface area (Å²) in [7, 11) is 1.56. The van der Waals surface area contributed by atoms with E-state index in [1.54, 1.807) is 30.3 Å². The second-order valence-corrected chi connectivity index (χ2v) is 5.23. The molecule has 0 saturated heterocycles. The van der Waals surface area contributed by atoms with E-state index in [2.05, 4.69) is 32.9 Å². The normalized spacial score (nSPS) is 10.6. The van der Waals surface area contributed by atoms with Crippen molar-refractivity contribution < 1.29 is 9.53 Å². The zero-order chi connectivity index (χ0) is 14.5. The van der Waals surface area contributed by atoms with E-state index in [4.69, 9.17) is 4.74 Å². The van der Waals surface area contributed by atoms with Gasteiger partial charge in [0.1, 0.15) is 5.69 Å². The second-order valence-electron chi connectivity index (χ2n) is 4.37. The Morgan fingerprint density at radius 1 is 1.40 bits per heavy atom. The third kappa shape index (κ3) is 3.25. The number of nitrogens with zero attached hydrogens (tertiary/aromatic N) is 3. The van der Waals surface area contributed by atoms with Crippen molar-refractivity contribution in [3.8, 4) is 5.88 Å². The molecule has 0 unspecified atom stereocenters.